The molecule has 0 N–H and O–H groups in total. The van der Waals surface area contributed by atoms with Crippen LogP contribution in [0, 0.1) is 10.1 Å². The van der Waals surface area contributed by atoms with Gasteiger partial charge in [-0.25, -0.2) is 0 Å². The van der Waals surface area contributed by atoms with E-state index in [1.807, 2.05) is 0 Å². The average Bonchev–Trinajstić information content (AvgIpc) is 2.18. The summed E-state index contributed by atoms with van der Waals surface area (Å²) in [4.78, 5) is 10.1. The van der Waals surface area contributed by atoms with Gasteiger partial charge in [-0.3, -0.25) is 14.3 Å². The zero-order chi connectivity index (χ0) is 10.8. The highest BCUT2D eigenvalue weighted by molar-refractivity contribution is 7.97. The standard InChI is InChI=1S/C7H6ClNO4S/c8-5-14(12,13)7-3-1-6(2-4-7)9(10)11/h1-5H,(H,12,13)/p-1. The lowest BCUT2D eigenvalue weighted by Gasteiger charge is -2.12. The number of nitro groups is 1. The predicted molar refractivity (Wildman–Crippen MR) is 52.2 cm³/mol. The number of rotatable bonds is 2. The van der Waals surface area contributed by atoms with E-state index >= 15 is 0 Å². The summed E-state index contributed by atoms with van der Waals surface area (Å²) >= 11 is 5.08. The first kappa shape index (κ1) is 11.0. The molecule has 0 radical (unpaired) electrons. The van der Waals surface area contributed by atoms with Crippen molar-refractivity contribution in [2.24, 2.45) is 0 Å². The molecule has 5 nitrogen and oxygen atoms in total. The summed E-state index contributed by atoms with van der Waals surface area (Å²) in [5.74, 6) is 0. The largest absolute Gasteiger partial charge is 0.773 e. The van der Waals surface area contributed by atoms with Gasteiger partial charge in [-0.1, -0.05) is 21.4 Å². The van der Waals surface area contributed by atoms with Gasteiger partial charge in [-0.15, -0.1) is 0 Å². The Morgan fingerprint density at radius 1 is 1.36 bits per heavy atom. The van der Waals surface area contributed by atoms with Gasteiger partial charge in [0.05, 0.1) is 4.92 Å². The van der Waals surface area contributed by atoms with E-state index in [1.54, 1.807) is 0 Å². The maximum Gasteiger partial charge on any atom is 0.269 e. The van der Waals surface area contributed by atoms with Crippen LogP contribution in [0.25, 0.3) is 0 Å². The second-order valence-electron chi connectivity index (χ2n) is 2.39. The molecule has 0 fully saturated rings. The zero-order valence-electron chi connectivity index (χ0n) is 6.75. The minimum atomic E-state index is -3.62. The van der Waals surface area contributed by atoms with Crippen molar-refractivity contribution in [1.29, 1.82) is 0 Å². The lowest BCUT2D eigenvalue weighted by molar-refractivity contribution is -0.384. The minimum Gasteiger partial charge on any atom is -0.773 e. The third kappa shape index (κ3) is 2.22. The third-order valence-electron chi connectivity index (χ3n) is 1.49. The molecule has 0 amide bonds. The van der Waals surface area contributed by atoms with E-state index in [-0.39, 0.29) is 10.6 Å². The number of nitrogens with zero attached hydrogens (tertiary/aromatic N) is 1. The van der Waals surface area contributed by atoms with Crippen LogP contribution in [-0.2, 0) is 9.80 Å². The van der Waals surface area contributed by atoms with E-state index < -0.39 is 14.7 Å². The minimum absolute atomic E-state index is 0.0712. The van der Waals surface area contributed by atoms with Crippen molar-refractivity contribution in [3.05, 3.63) is 34.4 Å². The maximum absolute atomic E-state index is 11.1. The summed E-state index contributed by atoms with van der Waals surface area (Å²) < 4.78 is 22.2. The third-order valence-corrected chi connectivity index (χ3v) is 3.36. The van der Waals surface area contributed by atoms with Gasteiger partial charge >= 0.3 is 0 Å². The summed E-state index contributed by atoms with van der Waals surface area (Å²) in [7, 11) is -3.62. The van der Waals surface area contributed by atoms with Gasteiger partial charge in [0.2, 0.25) is 0 Å². The van der Waals surface area contributed by atoms with Crippen LogP contribution in [0.1, 0.15) is 0 Å². The molecule has 7 heteroatoms. The van der Waals surface area contributed by atoms with E-state index in [1.165, 1.54) is 0 Å². The molecule has 0 saturated carbocycles. The molecule has 0 aliphatic heterocycles. The number of halogens is 1. The van der Waals surface area contributed by atoms with Crippen LogP contribution >= 0.6 is 11.6 Å². The van der Waals surface area contributed by atoms with Gasteiger partial charge in [0.15, 0.2) is 0 Å². The first-order valence-corrected chi connectivity index (χ1v) is 5.38. The summed E-state index contributed by atoms with van der Waals surface area (Å²) in [5, 5.41) is 10.3. The lowest BCUT2D eigenvalue weighted by atomic mass is 10.3. The molecule has 0 bridgehead atoms. The van der Waals surface area contributed by atoms with Crippen molar-refractivity contribution in [2.75, 3.05) is 0 Å². The highest BCUT2D eigenvalue weighted by Gasteiger charge is 2.05. The fourth-order valence-electron chi connectivity index (χ4n) is 0.809. The van der Waals surface area contributed by atoms with Gasteiger partial charge in [0.25, 0.3) is 5.69 Å². The highest BCUT2D eigenvalue weighted by Crippen LogP contribution is 2.15. The number of benzene rings is 1. The summed E-state index contributed by atoms with van der Waals surface area (Å²) in [5.41, 5.74) is -0.168. The Bertz CT molecular complexity index is 461. The lowest BCUT2D eigenvalue weighted by Crippen LogP contribution is -2.00. The molecule has 1 aromatic carbocycles. The molecule has 14 heavy (non-hydrogen) atoms. The van der Waals surface area contributed by atoms with Crippen LogP contribution in [0.4, 0.5) is 5.69 Å². The van der Waals surface area contributed by atoms with Crippen molar-refractivity contribution in [1.82, 2.24) is 0 Å². The smallest absolute Gasteiger partial charge is 0.269 e. The van der Waals surface area contributed by atoms with Crippen LogP contribution in [0.5, 0.6) is 0 Å². The normalized spacial score (nSPS) is 14.4. The number of nitro benzene ring substituents is 1. The Labute approximate surface area is 85.3 Å². The summed E-state index contributed by atoms with van der Waals surface area (Å²) in [6.07, 6.45) is 0. The monoisotopic (exact) mass is 234 g/mol. The molecule has 0 spiro atoms. The van der Waals surface area contributed by atoms with E-state index in [0.717, 1.165) is 24.3 Å². The molecule has 1 aromatic rings. The Hall–Kier alpha value is -1.11. The molecule has 1 rings (SSSR count). The van der Waals surface area contributed by atoms with Crippen LogP contribution in [0.2, 0.25) is 0 Å². The van der Waals surface area contributed by atoms with Gasteiger partial charge in [0, 0.05) is 21.9 Å². The van der Waals surface area contributed by atoms with Crippen molar-refractivity contribution >= 4 is 31.9 Å². The van der Waals surface area contributed by atoms with E-state index in [4.69, 9.17) is 11.6 Å². The van der Waals surface area contributed by atoms with Crippen LogP contribution in [0.3, 0.4) is 0 Å². The van der Waals surface area contributed by atoms with Gasteiger partial charge < -0.3 is 4.55 Å². The Balaban J connectivity index is 3.19. The fourth-order valence-corrected chi connectivity index (χ4v) is 1.74. The quantitative estimate of drug-likeness (QED) is 0.335. The van der Waals surface area contributed by atoms with E-state index in [2.05, 4.69) is 0 Å². The molecular formula is C7H5ClNO4S-. The summed E-state index contributed by atoms with van der Waals surface area (Å²) in [6.45, 7) is 0. The number of hydrogen-bond donors (Lipinski definition) is 0. The molecule has 0 saturated heterocycles. The SMILES string of the molecule is O=[N+]([O-])c1ccc(S(=O)([O-])=CCl)cc1. The number of non-ortho nitro benzene ring substituents is 1. The molecule has 0 heterocycles. The van der Waals surface area contributed by atoms with Crippen LogP contribution < -0.4 is 0 Å². The first-order valence-electron chi connectivity index (χ1n) is 3.40. The Morgan fingerprint density at radius 3 is 2.21 bits per heavy atom. The molecule has 0 aliphatic carbocycles. The Morgan fingerprint density at radius 2 is 1.86 bits per heavy atom. The molecule has 0 aromatic heterocycles. The molecule has 1 unspecified atom stereocenters. The maximum atomic E-state index is 11.1. The van der Waals surface area contributed by atoms with Crippen molar-refractivity contribution in [3.63, 3.8) is 0 Å². The van der Waals surface area contributed by atoms with Crippen LogP contribution in [-0.4, -0.2) is 18.5 Å². The molecular weight excluding hydrogens is 230 g/mol. The van der Waals surface area contributed by atoms with Gasteiger partial charge in [-0.2, -0.15) is 0 Å². The van der Waals surface area contributed by atoms with Crippen molar-refractivity contribution in [3.8, 4) is 0 Å². The van der Waals surface area contributed by atoms with Crippen molar-refractivity contribution in [2.45, 2.75) is 4.90 Å². The zero-order valence-corrected chi connectivity index (χ0v) is 8.33. The second-order valence-corrected chi connectivity index (χ2v) is 4.66. The Kier molecular flexibility index (Phi) is 3.10. The first-order chi connectivity index (χ1) is 6.47. The van der Waals surface area contributed by atoms with E-state index in [0.29, 0.717) is 4.83 Å². The summed E-state index contributed by atoms with van der Waals surface area (Å²) in [6, 6.07) is 4.47. The topological polar surface area (TPSA) is 83.3 Å². The number of hydrogen-bond acceptors (Lipinski definition) is 4. The van der Waals surface area contributed by atoms with Crippen LogP contribution in [0.15, 0.2) is 29.2 Å². The fraction of sp³-hybridized carbons (Fsp3) is 0. The highest BCUT2D eigenvalue weighted by atomic mass is 35.5. The van der Waals surface area contributed by atoms with E-state index in [9.17, 15) is 18.9 Å². The second kappa shape index (κ2) is 3.95. The molecule has 76 valence electrons. The average molecular weight is 235 g/mol. The predicted octanol–water partition coefficient (Wildman–Crippen LogP) is 1.37. The molecule has 1 atom stereocenters. The van der Waals surface area contributed by atoms with Gasteiger partial charge in [-0.05, 0) is 12.1 Å². The van der Waals surface area contributed by atoms with Crippen molar-refractivity contribution < 1.29 is 13.7 Å². The van der Waals surface area contributed by atoms with Gasteiger partial charge in [0.1, 0.15) is 0 Å². The molecule has 0 aliphatic rings.